The molecule has 11 atom stereocenters. The summed E-state index contributed by atoms with van der Waals surface area (Å²) in [4.78, 5) is 25.6. The molecule has 0 spiro atoms. The molecule has 0 amide bonds. The van der Waals surface area contributed by atoms with Gasteiger partial charge in [-0.05, 0) is 118 Å². The van der Waals surface area contributed by atoms with Crippen molar-refractivity contribution in [3.63, 3.8) is 0 Å². The van der Waals surface area contributed by atoms with Crippen LogP contribution in [0.5, 0.6) is 0 Å². The lowest BCUT2D eigenvalue weighted by Gasteiger charge is -2.49. The van der Waals surface area contributed by atoms with Crippen molar-refractivity contribution in [2.45, 2.75) is 159 Å². The molecule has 6 saturated carbocycles. The summed E-state index contributed by atoms with van der Waals surface area (Å²) in [7, 11) is 0. The van der Waals surface area contributed by atoms with Crippen LogP contribution in [0.25, 0.3) is 0 Å². The van der Waals surface area contributed by atoms with Crippen LogP contribution < -0.4 is 0 Å². The lowest BCUT2D eigenvalue weighted by Crippen LogP contribution is -2.73. The minimum absolute atomic E-state index is 0.0197. The van der Waals surface area contributed by atoms with E-state index in [0.717, 1.165) is 12.8 Å². The maximum Gasteiger partial charge on any atom is 0.430 e. The predicted molar refractivity (Wildman–Crippen MR) is 174 cm³/mol. The molecule has 6 nitrogen and oxygen atoms in total. The smallest absolute Gasteiger partial charge is 0.430 e. The van der Waals surface area contributed by atoms with Gasteiger partial charge in [-0.15, -0.1) is 0 Å². The molecule has 11 unspecified atom stereocenters. The van der Waals surface area contributed by atoms with E-state index in [2.05, 4.69) is 0 Å². The molecule has 6 fully saturated rings. The monoisotopic (exact) mass is 832 g/mol. The zero-order valence-corrected chi connectivity index (χ0v) is 31.9. The van der Waals surface area contributed by atoms with Crippen molar-refractivity contribution in [1.29, 1.82) is 0 Å². The second-order valence-corrected chi connectivity index (χ2v) is 18.0. The zero-order valence-electron chi connectivity index (χ0n) is 31.9. The Balaban J connectivity index is 0.000000215. The average molecular weight is 833 g/mol. The molecule has 2 N–H and O–H groups in total. The highest BCUT2D eigenvalue weighted by molar-refractivity contribution is 5.75. The maximum absolute atomic E-state index is 13.7. The molecular weight excluding hydrogens is 780 g/mol. The number of ether oxygens (including phenoxy) is 2. The first-order valence-electron chi connectivity index (χ1n) is 19.6. The van der Waals surface area contributed by atoms with Gasteiger partial charge < -0.3 is 19.7 Å². The average Bonchev–Trinajstić information content (AvgIpc) is 3.92. The summed E-state index contributed by atoms with van der Waals surface area (Å²) < 4.78 is 173. The fourth-order valence-corrected chi connectivity index (χ4v) is 11.8. The summed E-state index contributed by atoms with van der Waals surface area (Å²) >= 11 is 0. The van der Waals surface area contributed by atoms with Gasteiger partial charge in [-0.25, -0.2) is 0 Å². The van der Waals surface area contributed by atoms with Crippen LogP contribution in [0.2, 0.25) is 0 Å². The summed E-state index contributed by atoms with van der Waals surface area (Å²) in [5, 5.41) is 20.1. The summed E-state index contributed by atoms with van der Waals surface area (Å²) in [6, 6.07) is 0. The molecule has 18 heteroatoms. The molecule has 0 saturated heterocycles. The molecular formula is C38H52F12O6. The molecule has 6 aliphatic rings. The van der Waals surface area contributed by atoms with Crippen molar-refractivity contribution in [1.82, 2.24) is 0 Å². The number of esters is 2. The van der Waals surface area contributed by atoms with E-state index in [1.165, 1.54) is 0 Å². The normalized spacial score (nSPS) is 36.0. The van der Waals surface area contributed by atoms with Crippen molar-refractivity contribution in [3.05, 3.63) is 0 Å². The van der Waals surface area contributed by atoms with Crippen LogP contribution in [-0.4, -0.2) is 69.3 Å². The van der Waals surface area contributed by atoms with Gasteiger partial charge in [0, 0.05) is 5.92 Å². The number of halogens is 12. The topological polar surface area (TPSA) is 93.1 Å². The Labute approximate surface area is 317 Å². The number of hydrogen-bond donors (Lipinski definition) is 2. The molecule has 56 heavy (non-hydrogen) atoms. The van der Waals surface area contributed by atoms with Gasteiger partial charge in [-0.1, -0.05) is 40.5 Å². The van der Waals surface area contributed by atoms with Crippen LogP contribution >= 0.6 is 0 Å². The molecule has 0 aliphatic heterocycles. The van der Waals surface area contributed by atoms with Crippen LogP contribution in [-0.2, 0) is 19.1 Å². The highest BCUT2D eigenvalue weighted by Gasteiger charge is 2.83. The van der Waals surface area contributed by atoms with Crippen molar-refractivity contribution in [3.8, 4) is 0 Å². The zero-order chi connectivity index (χ0) is 42.4. The summed E-state index contributed by atoms with van der Waals surface area (Å²) in [5.41, 5.74) is -16.4. The number of aliphatic hydroxyl groups is 2. The largest absolute Gasteiger partial charge is 0.455 e. The lowest BCUT2D eigenvalue weighted by atomic mass is 9.72. The quantitative estimate of drug-likeness (QED) is 0.196. The predicted octanol–water partition coefficient (Wildman–Crippen LogP) is 9.89. The molecule has 6 rings (SSSR count). The third-order valence-electron chi connectivity index (χ3n) is 15.6. The molecule has 0 radical (unpaired) electrons. The minimum atomic E-state index is -6.04. The third kappa shape index (κ3) is 6.91. The van der Waals surface area contributed by atoms with Crippen molar-refractivity contribution >= 4 is 11.9 Å². The second kappa shape index (κ2) is 14.6. The Morgan fingerprint density at radius 2 is 0.964 bits per heavy atom. The Morgan fingerprint density at radius 1 is 0.571 bits per heavy atom. The van der Waals surface area contributed by atoms with Gasteiger partial charge in [-0.3, -0.25) is 9.59 Å². The number of rotatable bonds is 7. The SMILES string of the molecule is CC1C2CC(C(=O)OC(C)(C3CCCC3)C(O)(C(F)(F)F)C(F)(F)F)C(C2)C1C.CC1C2CC(C(=O)OC3(C(O)(C(F)(F)F)C(F)(F)F)CCCC3)C(C2)C1C. The van der Waals surface area contributed by atoms with E-state index in [0.29, 0.717) is 44.4 Å². The number of fused-ring (bicyclic) bond motifs is 4. The fraction of sp³-hybridized carbons (Fsp3) is 0.947. The third-order valence-corrected chi connectivity index (χ3v) is 15.6. The Hall–Kier alpha value is -1.98. The molecule has 0 aromatic heterocycles. The number of carbonyl (C=O) groups excluding carboxylic acids is 2. The first-order chi connectivity index (χ1) is 25.4. The molecule has 0 aromatic carbocycles. The van der Waals surface area contributed by atoms with E-state index in [4.69, 9.17) is 9.47 Å². The van der Waals surface area contributed by atoms with Gasteiger partial charge in [-0.2, -0.15) is 52.7 Å². The molecule has 6 aliphatic carbocycles. The van der Waals surface area contributed by atoms with E-state index >= 15 is 0 Å². The Morgan fingerprint density at radius 3 is 1.30 bits per heavy atom. The van der Waals surface area contributed by atoms with Crippen LogP contribution in [0, 0.1) is 65.1 Å². The molecule has 4 bridgehead atoms. The first-order valence-corrected chi connectivity index (χ1v) is 19.6. The molecule has 324 valence electrons. The van der Waals surface area contributed by atoms with Crippen molar-refractivity contribution in [2.24, 2.45) is 65.1 Å². The van der Waals surface area contributed by atoms with Crippen LogP contribution in [0.15, 0.2) is 0 Å². The number of hydrogen-bond acceptors (Lipinski definition) is 6. The maximum atomic E-state index is 13.7. The minimum Gasteiger partial charge on any atom is -0.455 e. The van der Waals surface area contributed by atoms with E-state index in [-0.39, 0.29) is 61.2 Å². The summed E-state index contributed by atoms with van der Waals surface area (Å²) in [6.07, 6.45) is -22.2. The van der Waals surface area contributed by atoms with Crippen molar-refractivity contribution in [2.75, 3.05) is 0 Å². The summed E-state index contributed by atoms with van der Waals surface area (Å²) in [6.45, 7) is 8.60. The van der Waals surface area contributed by atoms with E-state index < -0.39 is 89.6 Å². The standard InChI is InChI=1S/C20H28F6O3.C18H24F6O3/c1-10-11(2)14-8-12(10)9-15(14)16(27)29-17(3,13-6-4-5-7-13)18(28,19(21,22)23)20(24,25)26;1-9-10(2)12-7-11(9)8-13(12)14(25)27-15(5-3-4-6-15)16(26,17(19,20)21)18(22,23)24/h10-15,28H,4-9H2,1-3H3;9-13,26H,3-8H2,1-2H3. The van der Waals surface area contributed by atoms with Gasteiger partial charge in [0.2, 0.25) is 0 Å². The van der Waals surface area contributed by atoms with Crippen LogP contribution in [0.4, 0.5) is 52.7 Å². The Bertz CT molecular complexity index is 1410. The van der Waals surface area contributed by atoms with Gasteiger partial charge in [0.05, 0.1) is 11.8 Å². The van der Waals surface area contributed by atoms with Gasteiger partial charge in [0.15, 0.2) is 11.2 Å². The van der Waals surface area contributed by atoms with E-state index in [1.807, 2.05) is 27.7 Å². The highest BCUT2D eigenvalue weighted by Crippen LogP contribution is 2.61. The first kappa shape index (κ1) is 45.1. The van der Waals surface area contributed by atoms with Gasteiger partial charge >= 0.3 is 36.6 Å². The molecule has 0 heterocycles. The molecule has 0 aromatic rings. The second-order valence-electron chi connectivity index (χ2n) is 18.0. The van der Waals surface area contributed by atoms with E-state index in [1.54, 1.807) is 0 Å². The van der Waals surface area contributed by atoms with E-state index in [9.17, 15) is 72.5 Å². The Kier molecular flexibility index (Phi) is 11.8. The number of carbonyl (C=O) groups is 2. The highest BCUT2D eigenvalue weighted by atomic mass is 19.4. The van der Waals surface area contributed by atoms with Crippen molar-refractivity contribution < 1.29 is 82.0 Å². The van der Waals surface area contributed by atoms with Gasteiger partial charge in [0.25, 0.3) is 11.2 Å². The fourth-order valence-electron chi connectivity index (χ4n) is 11.8. The van der Waals surface area contributed by atoms with Gasteiger partial charge in [0.1, 0.15) is 0 Å². The van der Waals surface area contributed by atoms with Crippen LogP contribution in [0.3, 0.4) is 0 Å². The number of alkyl halides is 12. The van der Waals surface area contributed by atoms with Crippen LogP contribution in [0.1, 0.15) is 112 Å². The summed E-state index contributed by atoms with van der Waals surface area (Å²) in [5.74, 6) is -3.47. The lowest BCUT2D eigenvalue weighted by molar-refractivity contribution is -0.417.